The summed E-state index contributed by atoms with van der Waals surface area (Å²) in [5.41, 5.74) is 16.2. The molecule has 3 heterocycles. The van der Waals surface area contributed by atoms with E-state index in [0.29, 0.717) is 0 Å². The van der Waals surface area contributed by atoms with E-state index in [0.717, 1.165) is 0 Å². The molecule has 50 heavy (non-hydrogen) atoms. The number of rotatable bonds is 2. The Morgan fingerprint density at radius 1 is 0.400 bits per heavy atom. The van der Waals surface area contributed by atoms with Gasteiger partial charge >= 0.3 is 0 Å². The van der Waals surface area contributed by atoms with E-state index in [1.54, 1.807) is 5.56 Å². The molecule has 2 aliphatic carbocycles. The molecule has 2 nitrogen and oxygen atoms in total. The highest BCUT2D eigenvalue weighted by Crippen LogP contribution is 2.56. The Bertz CT molecular complexity index is 3020. The number of aromatic nitrogens is 2. The van der Waals surface area contributed by atoms with Crippen molar-refractivity contribution in [3.8, 4) is 27.9 Å². The summed E-state index contributed by atoms with van der Waals surface area (Å²) < 4.78 is 4.99. The number of nitrogens with zero attached hydrogens (tertiary/aromatic N) is 2. The zero-order chi connectivity index (χ0) is 32.6. The third-order valence-corrected chi connectivity index (χ3v) is 12.4. The summed E-state index contributed by atoms with van der Waals surface area (Å²) in [5.74, 6) is 0. The highest BCUT2D eigenvalue weighted by Gasteiger charge is 2.43. The molecule has 0 saturated heterocycles. The number of benzene rings is 7. The molecule has 10 aromatic rings. The second-order valence-electron chi connectivity index (χ2n) is 14.8. The highest BCUT2D eigenvalue weighted by atomic mass is 15.0. The average Bonchev–Trinajstić information content (AvgIpc) is 3.89. The fourth-order valence-electron chi connectivity index (χ4n) is 10.3. The molecule has 0 radical (unpaired) electrons. The lowest BCUT2D eigenvalue weighted by Gasteiger charge is -2.36. The maximum absolute atomic E-state index is 2.54. The Labute approximate surface area is 290 Å². The first-order valence-corrected chi connectivity index (χ1v) is 18.2. The molecular weight excluding hydrogens is 605 g/mol. The standard InChI is InChI=1S/C48H34N2/c1-8-25-48(26-9-1)41-16-5-2-11-33(41)34-23-21-32(29-42(34)48)49-43-17-6-4-13-36(43)40-27-30(20-24-45(40)49)31-19-22-37-39-15-10-14-38-35-12-3-7-18-44(35)50(47(38)39)46(37)28-31/h2-7,10-24,27-29H,1,8-9,25-26H2. The summed E-state index contributed by atoms with van der Waals surface area (Å²) in [4.78, 5) is 0. The predicted molar refractivity (Wildman–Crippen MR) is 210 cm³/mol. The molecule has 3 aromatic heterocycles. The summed E-state index contributed by atoms with van der Waals surface area (Å²) in [7, 11) is 0. The molecule has 1 saturated carbocycles. The molecule has 1 fully saturated rings. The lowest BCUT2D eigenvalue weighted by molar-refractivity contribution is 0.353. The smallest absolute Gasteiger partial charge is 0.0620 e. The van der Waals surface area contributed by atoms with Gasteiger partial charge in [0.05, 0.1) is 27.6 Å². The Hall–Kier alpha value is -5.86. The molecule has 2 aliphatic rings. The molecule has 0 N–H and O–H groups in total. The van der Waals surface area contributed by atoms with Crippen molar-refractivity contribution in [2.45, 2.75) is 37.5 Å². The van der Waals surface area contributed by atoms with Crippen LogP contribution in [0.2, 0.25) is 0 Å². The highest BCUT2D eigenvalue weighted by molar-refractivity contribution is 6.23. The van der Waals surface area contributed by atoms with Crippen molar-refractivity contribution < 1.29 is 0 Å². The molecule has 1 spiro atoms. The molecule has 12 rings (SSSR count). The van der Waals surface area contributed by atoms with Crippen LogP contribution in [-0.2, 0) is 5.41 Å². The van der Waals surface area contributed by atoms with Crippen LogP contribution >= 0.6 is 0 Å². The summed E-state index contributed by atoms with van der Waals surface area (Å²) in [5, 5.41) is 7.88. The van der Waals surface area contributed by atoms with Gasteiger partial charge in [-0.25, -0.2) is 0 Å². The minimum absolute atomic E-state index is 0.135. The van der Waals surface area contributed by atoms with Gasteiger partial charge < -0.3 is 8.97 Å². The normalized spacial score (nSPS) is 15.4. The van der Waals surface area contributed by atoms with Gasteiger partial charge in [-0.15, -0.1) is 0 Å². The van der Waals surface area contributed by atoms with Crippen LogP contribution in [0.1, 0.15) is 43.2 Å². The zero-order valence-electron chi connectivity index (χ0n) is 27.8. The van der Waals surface area contributed by atoms with Crippen LogP contribution < -0.4 is 0 Å². The lowest BCUT2D eigenvalue weighted by Crippen LogP contribution is -2.28. The Kier molecular flexibility index (Phi) is 5.21. The molecule has 0 unspecified atom stereocenters. The van der Waals surface area contributed by atoms with Gasteiger partial charge in [-0.3, -0.25) is 0 Å². The van der Waals surface area contributed by atoms with E-state index < -0.39 is 0 Å². The molecule has 2 heteroatoms. The molecule has 7 aromatic carbocycles. The average molecular weight is 639 g/mol. The topological polar surface area (TPSA) is 9.34 Å². The van der Waals surface area contributed by atoms with E-state index in [9.17, 15) is 0 Å². The number of hydrogen-bond acceptors (Lipinski definition) is 0. The Morgan fingerprint density at radius 3 is 1.90 bits per heavy atom. The predicted octanol–water partition coefficient (Wildman–Crippen LogP) is 12.8. The number of para-hydroxylation sites is 3. The van der Waals surface area contributed by atoms with Gasteiger partial charge in [0.25, 0.3) is 0 Å². The van der Waals surface area contributed by atoms with Crippen molar-refractivity contribution in [2.24, 2.45) is 0 Å². The van der Waals surface area contributed by atoms with Gasteiger partial charge in [0, 0.05) is 43.4 Å². The van der Waals surface area contributed by atoms with Crippen LogP contribution in [0.25, 0.3) is 87.8 Å². The van der Waals surface area contributed by atoms with Crippen molar-refractivity contribution in [3.63, 3.8) is 0 Å². The van der Waals surface area contributed by atoms with Gasteiger partial charge in [-0.2, -0.15) is 0 Å². The number of fused-ring (bicyclic) bond motifs is 14. The largest absolute Gasteiger partial charge is 0.309 e. The van der Waals surface area contributed by atoms with Crippen LogP contribution in [0.3, 0.4) is 0 Å². The van der Waals surface area contributed by atoms with Crippen LogP contribution in [0.15, 0.2) is 146 Å². The Balaban J connectivity index is 1.06. The van der Waals surface area contributed by atoms with Gasteiger partial charge in [0.1, 0.15) is 0 Å². The lowest BCUT2D eigenvalue weighted by atomic mass is 9.68. The van der Waals surface area contributed by atoms with Crippen molar-refractivity contribution in [1.82, 2.24) is 8.97 Å². The minimum Gasteiger partial charge on any atom is -0.309 e. The van der Waals surface area contributed by atoms with Crippen molar-refractivity contribution in [3.05, 3.63) is 157 Å². The maximum atomic E-state index is 2.54. The van der Waals surface area contributed by atoms with Crippen LogP contribution in [-0.4, -0.2) is 8.97 Å². The second-order valence-corrected chi connectivity index (χ2v) is 14.8. The molecule has 0 aliphatic heterocycles. The van der Waals surface area contributed by atoms with Gasteiger partial charge in [-0.1, -0.05) is 122 Å². The van der Waals surface area contributed by atoms with Gasteiger partial charge in [0.15, 0.2) is 0 Å². The van der Waals surface area contributed by atoms with E-state index >= 15 is 0 Å². The third-order valence-electron chi connectivity index (χ3n) is 12.4. The molecule has 0 atom stereocenters. The first-order chi connectivity index (χ1) is 24.8. The van der Waals surface area contributed by atoms with Crippen LogP contribution in [0.4, 0.5) is 0 Å². The Morgan fingerprint density at radius 2 is 1.04 bits per heavy atom. The zero-order valence-corrected chi connectivity index (χ0v) is 27.8. The van der Waals surface area contributed by atoms with E-state index in [2.05, 4.69) is 155 Å². The fraction of sp³-hybridized carbons (Fsp3) is 0.125. The summed E-state index contributed by atoms with van der Waals surface area (Å²) >= 11 is 0. The second kappa shape index (κ2) is 9.64. The monoisotopic (exact) mass is 638 g/mol. The van der Waals surface area contributed by atoms with E-state index in [4.69, 9.17) is 0 Å². The van der Waals surface area contributed by atoms with Gasteiger partial charge in [0.2, 0.25) is 0 Å². The summed E-state index contributed by atoms with van der Waals surface area (Å²) in [6, 6.07) is 55.2. The molecule has 0 amide bonds. The molecular formula is C48H34N2. The van der Waals surface area contributed by atoms with Crippen LogP contribution in [0.5, 0.6) is 0 Å². The van der Waals surface area contributed by atoms with Crippen molar-refractivity contribution in [2.75, 3.05) is 0 Å². The first kappa shape index (κ1) is 27.0. The SMILES string of the molecule is c1ccc2c(c1)-c1ccc(-n3c4ccccc4c4cc(-c5ccc6c7cccc8c9ccccc9n(c6c5)c87)ccc43)cc1C21CCCCC1. The van der Waals surface area contributed by atoms with Crippen molar-refractivity contribution in [1.29, 1.82) is 0 Å². The van der Waals surface area contributed by atoms with E-state index in [-0.39, 0.29) is 5.41 Å². The van der Waals surface area contributed by atoms with E-state index in [1.165, 1.54) is 126 Å². The summed E-state index contributed by atoms with van der Waals surface area (Å²) in [6.45, 7) is 0. The maximum Gasteiger partial charge on any atom is 0.0620 e. The molecule has 236 valence electrons. The third kappa shape index (κ3) is 3.34. The van der Waals surface area contributed by atoms with Crippen LogP contribution in [0, 0.1) is 0 Å². The summed E-state index contributed by atoms with van der Waals surface area (Å²) in [6.07, 6.45) is 6.44. The van der Waals surface area contributed by atoms with Crippen molar-refractivity contribution >= 4 is 59.9 Å². The van der Waals surface area contributed by atoms with Gasteiger partial charge in [-0.05, 0) is 88.7 Å². The first-order valence-electron chi connectivity index (χ1n) is 18.2. The van der Waals surface area contributed by atoms with E-state index in [1.807, 2.05) is 0 Å². The molecule has 0 bridgehead atoms. The minimum atomic E-state index is 0.135. The fourth-order valence-corrected chi connectivity index (χ4v) is 10.3. The number of hydrogen-bond donors (Lipinski definition) is 0. The quantitative estimate of drug-likeness (QED) is 0.178.